The van der Waals surface area contributed by atoms with Crippen LogP contribution < -0.4 is 5.73 Å². The van der Waals surface area contributed by atoms with Crippen molar-refractivity contribution in [1.82, 2.24) is 0 Å². The van der Waals surface area contributed by atoms with Crippen molar-refractivity contribution < 1.29 is 9.53 Å². The molecule has 0 amide bonds. The molecule has 0 spiro atoms. The van der Waals surface area contributed by atoms with Crippen LogP contribution >= 0.6 is 12.4 Å². The van der Waals surface area contributed by atoms with E-state index in [1.54, 1.807) is 12.1 Å². The second kappa shape index (κ2) is 6.51. The largest absolute Gasteiger partial charge is 0.465 e. The monoisotopic (exact) mass is 243 g/mol. The lowest BCUT2D eigenvalue weighted by Gasteiger charge is -2.16. The molecule has 0 aliphatic rings. The van der Waals surface area contributed by atoms with Crippen LogP contribution in [-0.2, 0) is 4.74 Å². The highest BCUT2D eigenvalue weighted by molar-refractivity contribution is 5.89. The van der Waals surface area contributed by atoms with Gasteiger partial charge in [-0.25, -0.2) is 4.79 Å². The Morgan fingerprint density at radius 3 is 2.50 bits per heavy atom. The van der Waals surface area contributed by atoms with Gasteiger partial charge in [-0.2, -0.15) is 0 Å². The molecule has 0 radical (unpaired) electrons. The fraction of sp³-hybridized carbons (Fsp3) is 0.417. The van der Waals surface area contributed by atoms with Gasteiger partial charge in [0.25, 0.3) is 0 Å². The third-order valence-electron chi connectivity index (χ3n) is 2.41. The van der Waals surface area contributed by atoms with Crippen LogP contribution in [-0.4, -0.2) is 13.1 Å². The number of benzene rings is 1. The zero-order chi connectivity index (χ0) is 11.4. The Hall–Kier alpha value is -1.06. The number of halogens is 1. The van der Waals surface area contributed by atoms with Gasteiger partial charge in [0.05, 0.1) is 12.7 Å². The molecule has 16 heavy (non-hydrogen) atoms. The van der Waals surface area contributed by atoms with Gasteiger partial charge in [0.1, 0.15) is 0 Å². The van der Waals surface area contributed by atoms with Gasteiger partial charge < -0.3 is 10.5 Å². The van der Waals surface area contributed by atoms with Gasteiger partial charge in [0.2, 0.25) is 0 Å². The van der Waals surface area contributed by atoms with Crippen molar-refractivity contribution in [3.05, 3.63) is 35.4 Å². The summed E-state index contributed by atoms with van der Waals surface area (Å²) in [5, 5.41) is 0. The molecule has 1 aromatic rings. The van der Waals surface area contributed by atoms with E-state index >= 15 is 0 Å². The smallest absolute Gasteiger partial charge is 0.337 e. The quantitative estimate of drug-likeness (QED) is 0.831. The topological polar surface area (TPSA) is 52.3 Å². The maximum Gasteiger partial charge on any atom is 0.337 e. The predicted molar refractivity (Wildman–Crippen MR) is 66.8 cm³/mol. The van der Waals surface area contributed by atoms with E-state index in [-0.39, 0.29) is 24.4 Å². The molecule has 0 aromatic heterocycles. The number of carbonyl (C=O) groups is 1. The second-order valence-corrected chi connectivity index (χ2v) is 3.89. The minimum Gasteiger partial charge on any atom is -0.465 e. The Bertz CT molecular complexity index is 353. The molecule has 0 bridgehead atoms. The maximum absolute atomic E-state index is 11.3. The Labute approximate surface area is 102 Å². The number of ether oxygens (including phenoxy) is 1. The van der Waals surface area contributed by atoms with E-state index in [1.807, 2.05) is 12.1 Å². The molecule has 0 heterocycles. The summed E-state index contributed by atoms with van der Waals surface area (Å²) in [5.74, 6) is 0.0192. The number of nitrogens with two attached hydrogens (primary N) is 1. The summed E-state index contributed by atoms with van der Waals surface area (Å²) in [7, 11) is 1.37. The Morgan fingerprint density at radius 1 is 1.38 bits per heavy atom. The van der Waals surface area contributed by atoms with Crippen molar-refractivity contribution in [3.63, 3.8) is 0 Å². The van der Waals surface area contributed by atoms with Gasteiger partial charge in [-0.1, -0.05) is 26.0 Å². The highest BCUT2D eigenvalue weighted by Gasteiger charge is 2.12. The first-order valence-corrected chi connectivity index (χ1v) is 5.00. The minimum atomic E-state index is -0.326. The molecule has 4 heteroatoms. The van der Waals surface area contributed by atoms with Crippen LogP contribution in [0.4, 0.5) is 0 Å². The van der Waals surface area contributed by atoms with Crippen molar-refractivity contribution in [2.75, 3.05) is 7.11 Å². The van der Waals surface area contributed by atoms with E-state index in [4.69, 9.17) is 5.73 Å². The van der Waals surface area contributed by atoms with E-state index in [1.165, 1.54) is 7.11 Å². The highest BCUT2D eigenvalue weighted by atomic mass is 35.5. The molecule has 2 N–H and O–H groups in total. The molecule has 1 aromatic carbocycles. The van der Waals surface area contributed by atoms with Crippen molar-refractivity contribution in [2.45, 2.75) is 19.9 Å². The summed E-state index contributed by atoms with van der Waals surface area (Å²) in [5.41, 5.74) is 7.51. The minimum absolute atomic E-state index is 0. The zero-order valence-corrected chi connectivity index (χ0v) is 10.6. The van der Waals surface area contributed by atoms with Gasteiger partial charge in [0.15, 0.2) is 0 Å². The van der Waals surface area contributed by atoms with Crippen LogP contribution in [0.15, 0.2) is 24.3 Å². The van der Waals surface area contributed by atoms with Gasteiger partial charge >= 0.3 is 5.97 Å². The lowest BCUT2D eigenvalue weighted by atomic mass is 9.96. The summed E-state index contributed by atoms with van der Waals surface area (Å²) in [6.45, 7) is 4.10. The predicted octanol–water partition coefficient (Wildman–Crippen LogP) is 2.55. The molecule has 0 unspecified atom stereocenters. The molecule has 90 valence electrons. The summed E-state index contributed by atoms with van der Waals surface area (Å²) in [4.78, 5) is 11.3. The molecule has 0 saturated carbocycles. The van der Waals surface area contributed by atoms with E-state index in [9.17, 15) is 4.79 Å². The van der Waals surface area contributed by atoms with Crippen molar-refractivity contribution in [3.8, 4) is 0 Å². The third-order valence-corrected chi connectivity index (χ3v) is 2.41. The number of esters is 1. The molecule has 1 atom stereocenters. The molecule has 0 saturated heterocycles. The first-order chi connectivity index (χ1) is 7.06. The standard InChI is InChI=1S/C12H17NO2.ClH/c1-8(2)11(13)9-5-4-6-10(7-9)12(14)15-3;/h4-8,11H,13H2,1-3H3;1H/t11-;/m0./s1. The van der Waals surface area contributed by atoms with Crippen molar-refractivity contribution in [2.24, 2.45) is 11.7 Å². The van der Waals surface area contributed by atoms with Crippen LogP contribution in [0.2, 0.25) is 0 Å². The normalized spacial score (nSPS) is 11.8. The van der Waals surface area contributed by atoms with E-state index in [2.05, 4.69) is 18.6 Å². The van der Waals surface area contributed by atoms with Crippen LogP contribution in [0.3, 0.4) is 0 Å². The number of hydrogen-bond donors (Lipinski definition) is 1. The molecule has 0 fully saturated rings. The summed E-state index contributed by atoms with van der Waals surface area (Å²) in [6, 6.07) is 7.22. The van der Waals surface area contributed by atoms with Crippen LogP contribution in [0.5, 0.6) is 0 Å². The van der Waals surface area contributed by atoms with Gasteiger partial charge in [0, 0.05) is 6.04 Å². The van der Waals surface area contributed by atoms with Crippen LogP contribution in [0, 0.1) is 5.92 Å². The molecule has 1 rings (SSSR count). The average molecular weight is 244 g/mol. The number of carbonyl (C=O) groups excluding carboxylic acids is 1. The van der Waals surface area contributed by atoms with Crippen LogP contribution in [0.25, 0.3) is 0 Å². The maximum atomic E-state index is 11.3. The lowest BCUT2D eigenvalue weighted by molar-refractivity contribution is 0.0600. The first kappa shape index (κ1) is 14.9. The fourth-order valence-electron chi connectivity index (χ4n) is 1.38. The van der Waals surface area contributed by atoms with Gasteiger partial charge in [-0.3, -0.25) is 0 Å². The molecular formula is C12H18ClNO2. The van der Waals surface area contributed by atoms with Gasteiger partial charge in [-0.05, 0) is 23.6 Å². The molecular weight excluding hydrogens is 226 g/mol. The number of hydrogen-bond acceptors (Lipinski definition) is 3. The first-order valence-electron chi connectivity index (χ1n) is 5.00. The zero-order valence-electron chi connectivity index (χ0n) is 9.77. The Balaban J connectivity index is 0.00000225. The number of rotatable bonds is 3. The highest BCUT2D eigenvalue weighted by Crippen LogP contribution is 2.19. The molecule has 0 aliphatic carbocycles. The lowest BCUT2D eigenvalue weighted by Crippen LogP contribution is -2.17. The second-order valence-electron chi connectivity index (χ2n) is 3.89. The van der Waals surface area contributed by atoms with Crippen LogP contribution in [0.1, 0.15) is 35.8 Å². The average Bonchev–Trinajstić information content (AvgIpc) is 2.27. The third kappa shape index (κ3) is 3.51. The number of methoxy groups -OCH3 is 1. The Kier molecular flexibility index (Phi) is 6.08. The van der Waals surface area contributed by atoms with E-state index < -0.39 is 0 Å². The van der Waals surface area contributed by atoms with E-state index in [0.717, 1.165) is 5.56 Å². The summed E-state index contributed by atoms with van der Waals surface area (Å²) < 4.78 is 4.65. The van der Waals surface area contributed by atoms with Gasteiger partial charge in [-0.15, -0.1) is 12.4 Å². The molecule has 3 nitrogen and oxygen atoms in total. The molecule has 0 aliphatic heterocycles. The fourth-order valence-corrected chi connectivity index (χ4v) is 1.38. The van der Waals surface area contributed by atoms with Crippen molar-refractivity contribution in [1.29, 1.82) is 0 Å². The summed E-state index contributed by atoms with van der Waals surface area (Å²) >= 11 is 0. The van der Waals surface area contributed by atoms with E-state index in [0.29, 0.717) is 11.5 Å². The Morgan fingerprint density at radius 2 is 2.00 bits per heavy atom. The van der Waals surface area contributed by atoms with Crippen molar-refractivity contribution >= 4 is 18.4 Å². The summed E-state index contributed by atoms with van der Waals surface area (Å²) in [6.07, 6.45) is 0. The SMILES string of the molecule is COC(=O)c1cccc([C@@H](N)C(C)C)c1.Cl.